The van der Waals surface area contributed by atoms with Gasteiger partial charge in [0.2, 0.25) is 0 Å². The maximum absolute atomic E-state index is 12.5. The summed E-state index contributed by atoms with van der Waals surface area (Å²) in [5.41, 5.74) is 3.32. The molecule has 1 fully saturated rings. The van der Waals surface area contributed by atoms with Crippen LogP contribution in [0.1, 0.15) is 21.7 Å². The van der Waals surface area contributed by atoms with Crippen molar-refractivity contribution in [2.24, 2.45) is 7.05 Å². The highest BCUT2D eigenvalue weighted by molar-refractivity contribution is 5.93. The lowest BCUT2D eigenvalue weighted by molar-refractivity contribution is 0.0665. The van der Waals surface area contributed by atoms with Crippen molar-refractivity contribution in [3.05, 3.63) is 47.3 Å². The zero-order chi connectivity index (χ0) is 18.0. The van der Waals surface area contributed by atoms with E-state index in [0.29, 0.717) is 31.9 Å². The first-order valence-corrected chi connectivity index (χ1v) is 8.36. The van der Waals surface area contributed by atoms with Gasteiger partial charge in [-0.05, 0) is 32.0 Å². The molecule has 3 amide bonds. The van der Waals surface area contributed by atoms with E-state index in [4.69, 9.17) is 0 Å². The van der Waals surface area contributed by atoms with Crippen molar-refractivity contribution in [2.45, 2.75) is 13.8 Å². The van der Waals surface area contributed by atoms with E-state index in [1.807, 2.05) is 45.2 Å². The Labute approximate surface area is 147 Å². The maximum atomic E-state index is 12.5. The van der Waals surface area contributed by atoms with Crippen LogP contribution in [0, 0.1) is 13.8 Å². The normalized spacial score (nSPS) is 14.5. The first-order chi connectivity index (χ1) is 11.9. The number of piperazine rings is 1. The third-order valence-electron chi connectivity index (χ3n) is 4.49. The molecule has 0 spiro atoms. The number of aryl methyl sites for hydroxylation is 3. The van der Waals surface area contributed by atoms with Gasteiger partial charge >= 0.3 is 6.03 Å². The zero-order valence-electron chi connectivity index (χ0n) is 14.8. The highest BCUT2D eigenvalue weighted by Gasteiger charge is 2.26. The van der Waals surface area contributed by atoms with Gasteiger partial charge in [-0.1, -0.05) is 17.7 Å². The van der Waals surface area contributed by atoms with Gasteiger partial charge in [-0.15, -0.1) is 0 Å². The third-order valence-corrected chi connectivity index (χ3v) is 4.49. The summed E-state index contributed by atoms with van der Waals surface area (Å²) in [6.07, 6.45) is 0. The molecule has 132 valence electrons. The second-order valence-corrected chi connectivity index (χ2v) is 6.37. The van der Waals surface area contributed by atoms with E-state index in [1.165, 1.54) is 0 Å². The Morgan fingerprint density at radius 3 is 2.16 bits per heavy atom. The largest absolute Gasteiger partial charge is 0.334 e. The summed E-state index contributed by atoms with van der Waals surface area (Å²) in [6, 6.07) is 9.35. The molecule has 25 heavy (non-hydrogen) atoms. The molecule has 1 saturated heterocycles. The molecule has 1 aromatic heterocycles. The van der Waals surface area contributed by atoms with Crippen LogP contribution in [0.15, 0.2) is 30.3 Å². The molecule has 1 aromatic carbocycles. The quantitative estimate of drug-likeness (QED) is 0.908. The molecule has 0 unspecified atom stereocenters. The second-order valence-electron chi connectivity index (χ2n) is 6.37. The molecule has 1 aliphatic heterocycles. The van der Waals surface area contributed by atoms with Crippen LogP contribution in [0.4, 0.5) is 10.5 Å². The van der Waals surface area contributed by atoms with Crippen LogP contribution in [0.2, 0.25) is 0 Å². The Bertz CT molecular complexity index is 754. The van der Waals surface area contributed by atoms with Gasteiger partial charge in [-0.3, -0.25) is 9.48 Å². The van der Waals surface area contributed by atoms with Crippen molar-refractivity contribution < 1.29 is 9.59 Å². The van der Waals surface area contributed by atoms with Gasteiger partial charge in [0.05, 0.1) is 0 Å². The lowest BCUT2D eigenvalue weighted by Crippen LogP contribution is -2.51. The number of rotatable bonds is 2. The number of hydrogen-bond donors (Lipinski definition) is 1. The molecule has 3 rings (SSSR count). The summed E-state index contributed by atoms with van der Waals surface area (Å²) in [7, 11) is 1.82. The molecular weight excluding hydrogens is 318 g/mol. The summed E-state index contributed by atoms with van der Waals surface area (Å²) in [5.74, 6) is -0.0812. The molecule has 1 N–H and O–H groups in total. The average molecular weight is 341 g/mol. The van der Waals surface area contributed by atoms with Gasteiger partial charge in [-0.25, -0.2) is 4.79 Å². The summed E-state index contributed by atoms with van der Waals surface area (Å²) in [4.78, 5) is 28.3. The fourth-order valence-electron chi connectivity index (χ4n) is 2.78. The molecular formula is C18H23N5O2. The van der Waals surface area contributed by atoms with Crippen LogP contribution >= 0.6 is 0 Å². The van der Waals surface area contributed by atoms with Gasteiger partial charge in [-0.2, -0.15) is 5.10 Å². The number of urea groups is 1. The number of carbonyl (C=O) groups is 2. The van der Waals surface area contributed by atoms with E-state index in [-0.39, 0.29) is 11.9 Å². The molecule has 7 nitrogen and oxygen atoms in total. The number of carbonyl (C=O) groups excluding carboxylic acids is 2. The van der Waals surface area contributed by atoms with Gasteiger partial charge in [0, 0.05) is 44.6 Å². The van der Waals surface area contributed by atoms with Crippen LogP contribution in [0.25, 0.3) is 0 Å². The van der Waals surface area contributed by atoms with E-state index in [9.17, 15) is 9.59 Å². The second kappa shape index (κ2) is 6.96. The molecule has 0 aliphatic carbocycles. The third kappa shape index (κ3) is 3.81. The van der Waals surface area contributed by atoms with E-state index < -0.39 is 0 Å². The molecule has 2 heterocycles. The van der Waals surface area contributed by atoms with Crippen LogP contribution in [0.5, 0.6) is 0 Å². The molecule has 0 atom stereocenters. The number of hydrogen-bond acceptors (Lipinski definition) is 3. The Balaban J connectivity index is 1.55. The van der Waals surface area contributed by atoms with Crippen molar-refractivity contribution in [2.75, 3.05) is 31.5 Å². The Morgan fingerprint density at radius 2 is 1.60 bits per heavy atom. The number of nitrogens with zero attached hydrogens (tertiary/aromatic N) is 4. The van der Waals surface area contributed by atoms with E-state index in [0.717, 1.165) is 16.9 Å². The van der Waals surface area contributed by atoms with E-state index >= 15 is 0 Å². The topological polar surface area (TPSA) is 70.5 Å². The molecule has 2 aromatic rings. The number of nitrogens with one attached hydrogen (secondary N) is 1. The highest BCUT2D eigenvalue weighted by Crippen LogP contribution is 2.12. The zero-order valence-corrected chi connectivity index (χ0v) is 14.8. The van der Waals surface area contributed by atoms with Crippen molar-refractivity contribution in [3.8, 4) is 0 Å². The lowest BCUT2D eigenvalue weighted by Gasteiger charge is -2.34. The predicted molar refractivity (Wildman–Crippen MR) is 95.6 cm³/mol. The summed E-state index contributed by atoms with van der Waals surface area (Å²) < 4.78 is 1.69. The number of anilines is 1. The van der Waals surface area contributed by atoms with Crippen molar-refractivity contribution >= 4 is 17.6 Å². The molecule has 0 bridgehead atoms. The summed E-state index contributed by atoms with van der Waals surface area (Å²) >= 11 is 0. The fourth-order valence-corrected chi connectivity index (χ4v) is 2.78. The van der Waals surface area contributed by atoms with Crippen LogP contribution in [-0.2, 0) is 7.05 Å². The molecule has 0 radical (unpaired) electrons. The van der Waals surface area contributed by atoms with Crippen molar-refractivity contribution in [3.63, 3.8) is 0 Å². The Kier molecular flexibility index (Phi) is 4.74. The van der Waals surface area contributed by atoms with Crippen LogP contribution in [-0.4, -0.2) is 57.7 Å². The Morgan fingerprint density at radius 1 is 1.00 bits per heavy atom. The molecule has 7 heteroatoms. The first kappa shape index (κ1) is 17.0. The van der Waals surface area contributed by atoms with E-state index in [1.54, 1.807) is 20.5 Å². The van der Waals surface area contributed by atoms with Gasteiger partial charge in [0.25, 0.3) is 5.91 Å². The Hall–Kier alpha value is -2.83. The average Bonchev–Trinajstić information content (AvgIpc) is 2.95. The fraction of sp³-hybridized carbons (Fsp3) is 0.389. The van der Waals surface area contributed by atoms with Crippen molar-refractivity contribution in [1.82, 2.24) is 19.6 Å². The van der Waals surface area contributed by atoms with Gasteiger partial charge in [0.1, 0.15) is 0 Å². The predicted octanol–water partition coefficient (Wildman–Crippen LogP) is 2.03. The number of aromatic nitrogens is 2. The van der Waals surface area contributed by atoms with E-state index in [2.05, 4.69) is 10.4 Å². The summed E-state index contributed by atoms with van der Waals surface area (Å²) in [5, 5.41) is 7.13. The van der Waals surface area contributed by atoms with Crippen LogP contribution in [0.3, 0.4) is 0 Å². The minimum absolute atomic E-state index is 0.0812. The molecule has 1 aliphatic rings. The number of amides is 3. The smallest absolute Gasteiger partial charge is 0.321 e. The maximum Gasteiger partial charge on any atom is 0.321 e. The monoisotopic (exact) mass is 341 g/mol. The first-order valence-electron chi connectivity index (χ1n) is 8.36. The van der Waals surface area contributed by atoms with Crippen molar-refractivity contribution in [1.29, 1.82) is 0 Å². The lowest BCUT2D eigenvalue weighted by atomic mass is 10.2. The minimum atomic E-state index is -0.135. The SMILES string of the molecule is Cc1ccc(NC(=O)N2CCN(C(=O)c3cc(C)n(C)n3)CC2)cc1. The van der Waals surface area contributed by atoms with Crippen LogP contribution < -0.4 is 5.32 Å². The summed E-state index contributed by atoms with van der Waals surface area (Å²) in [6.45, 7) is 5.96. The van der Waals surface area contributed by atoms with Gasteiger partial charge < -0.3 is 15.1 Å². The minimum Gasteiger partial charge on any atom is -0.334 e. The highest BCUT2D eigenvalue weighted by atomic mass is 16.2. The number of benzene rings is 1. The standard InChI is InChI=1S/C18H23N5O2/c1-13-4-6-15(7-5-13)19-18(25)23-10-8-22(9-11-23)17(24)16-12-14(2)21(3)20-16/h4-7,12H,8-11H2,1-3H3,(H,19,25). The van der Waals surface area contributed by atoms with Gasteiger partial charge in [0.15, 0.2) is 5.69 Å². The molecule has 0 saturated carbocycles.